The molecule has 0 saturated heterocycles. The summed E-state index contributed by atoms with van der Waals surface area (Å²) in [5, 5.41) is 26.3. The van der Waals surface area contributed by atoms with Crippen LogP contribution in [-0.4, -0.2) is 10.8 Å². The van der Waals surface area contributed by atoms with E-state index in [1.807, 2.05) is 36.4 Å². The van der Waals surface area contributed by atoms with E-state index in [0.717, 1.165) is 17.0 Å². The van der Waals surface area contributed by atoms with Crippen LogP contribution in [0.1, 0.15) is 15.2 Å². The van der Waals surface area contributed by atoms with Crippen LogP contribution in [0.5, 0.6) is 0 Å². The maximum Gasteiger partial charge on any atom is 0.271 e. The largest absolute Gasteiger partial charge is 0.396 e. The number of anilines is 4. The number of nitrogens with two attached hydrogens (primary N) is 1. The number of nitriles is 1. The Morgan fingerprint density at radius 3 is 2.52 bits per heavy atom. The van der Waals surface area contributed by atoms with Crippen molar-refractivity contribution in [3.8, 4) is 6.07 Å². The van der Waals surface area contributed by atoms with E-state index in [2.05, 4.69) is 10.6 Å². The molecule has 1 amide bonds. The first kappa shape index (κ1) is 17.9. The molecule has 3 rings (SSSR count). The Morgan fingerprint density at radius 1 is 1.15 bits per heavy atom. The fraction of sp³-hybridized carbons (Fsp3) is 0. The van der Waals surface area contributed by atoms with E-state index in [-0.39, 0.29) is 27.5 Å². The molecule has 134 valence electrons. The number of nitro benzene ring substituents is 1. The van der Waals surface area contributed by atoms with Crippen LogP contribution in [0.3, 0.4) is 0 Å². The third kappa shape index (κ3) is 3.86. The van der Waals surface area contributed by atoms with Gasteiger partial charge in [0.2, 0.25) is 0 Å². The number of nitrogen functional groups attached to an aromatic ring is 1. The number of nitrogens with one attached hydrogen (secondary N) is 2. The molecule has 0 bridgehead atoms. The second-order valence-electron chi connectivity index (χ2n) is 5.41. The summed E-state index contributed by atoms with van der Waals surface area (Å²) in [7, 11) is 0. The third-order valence-electron chi connectivity index (χ3n) is 3.61. The zero-order valence-electron chi connectivity index (χ0n) is 13.8. The van der Waals surface area contributed by atoms with Crippen LogP contribution in [0.4, 0.5) is 27.8 Å². The van der Waals surface area contributed by atoms with Gasteiger partial charge < -0.3 is 16.4 Å². The second-order valence-corrected chi connectivity index (χ2v) is 6.43. The number of rotatable bonds is 5. The Kier molecular flexibility index (Phi) is 5.01. The first-order valence-electron chi connectivity index (χ1n) is 7.70. The SMILES string of the molecule is N#Cc1c(Nc2ccccc2)sc(C(=O)Nc2cccc([N+](=O)[O-])c2)c1N. The maximum atomic E-state index is 12.6. The molecule has 0 spiro atoms. The molecule has 3 aromatic rings. The van der Waals surface area contributed by atoms with Crippen LogP contribution >= 0.6 is 11.3 Å². The van der Waals surface area contributed by atoms with Crippen LogP contribution in [0.15, 0.2) is 54.6 Å². The van der Waals surface area contributed by atoms with Gasteiger partial charge >= 0.3 is 0 Å². The molecule has 4 N–H and O–H groups in total. The lowest BCUT2D eigenvalue weighted by Crippen LogP contribution is -2.12. The predicted octanol–water partition coefficient (Wildman–Crippen LogP) is 4.11. The van der Waals surface area contributed by atoms with Crippen LogP contribution in [0.25, 0.3) is 0 Å². The molecule has 0 aliphatic heterocycles. The number of thiophene rings is 1. The van der Waals surface area contributed by atoms with Crippen molar-refractivity contribution in [1.29, 1.82) is 5.26 Å². The number of nitrogens with zero attached hydrogens (tertiary/aromatic N) is 2. The van der Waals surface area contributed by atoms with E-state index in [1.54, 1.807) is 0 Å². The van der Waals surface area contributed by atoms with Gasteiger partial charge in [-0.1, -0.05) is 24.3 Å². The number of benzene rings is 2. The molecule has 0 atom stereocenters. The lowest BCUT2D eigenvalue weighted by Gasteiger charge is -2.04. The zero-order valence-corrected chi connectivity index (χ0v) is 14.6. The van der Waals surface area contributed by atoms with Gasteiger partial charge in [0, 0.05) is 23.5 Å². The number of carbonyl (C=O) groups is 1. The number of nitro groups is 1. The van der Waals surface area contributed by atoms with Gasteiger partial charge in [0.05, 0.1) is 10.6 Å². The molecule has 8 nitrogen and oxygen atoms in total. The van der Waals surface area contributed by atoms with Gasteiger partial charge in [0.15, 0.2) is 0 Å². The maximum absolute atomic E-state index is 12.6. The minimum absolute atomic E-state index is 0.0591. The summed E-state index contributed by atoms with van der Waals surface area (Å²) in [6.45, 7) is 0. The molecule has 0 fully saturated rings. The van der Waals surface area contributed by atoms with Crippen molar-refractivity contribution in [2.45, 2.75) is 0 Å². The smallest absolute Gasteiger partial charge is 0.271 e. The number of carbonyl (C=O) groups excluding carboxylic acids is 1. The van der Waals surface area contributed by atoms with Crippen LogP contribution < -0.4 is 16.4 Å². The zero-order chi connectivity index (χ0) is 19.4. The Morgan fingerprint density at radius 2 is 1.85 bits per heavy atom. The van der Waals surface area contributed by atoms with Crippen molar-refractivity contribution in [3.05, 3.63) is 75.2 Å². The lowest BCUT2D eigenvalue weighted by atomic mass is 10.2. The molecule has 2 aromatic carbocycles. The molecule has 9 heteroatoms. The number of hydrogen-bond acceptors (Lipinski definition) is 7. The van der Waals surface area contributed by atoms with Gasteiger partial charge in [0.1, 0.15) is 21.5 Å². The summed E-state index contributed by atoms with van der Waals surface area (Å²) in [5.74, 6) is -0.546. The predicted molar refractivity (Wildman–Crippen MR) is 104 cm³/mol. The minimum Gasteiger partial charge on any atom is -0.396 e. The number of hydrogen-bond donors (Lipinski definition) is 3. The Labute approximate surface area is 158 Å². The Balaban J connectivity index is 1.88. The topological polar surface area (TPSA) is 134 Å². The lowest BCUT2D eigenvalue weighted by molar-refractivity contribution is -0.384. The normalized spacial score (nSPS) is 10.0. The summed E-state index contributed by atoms with van der Waals surface area (Å²) in [6.07, 6.45) is 0. The second kappa shape index (κ2) is 7.55. The summed E-state index contributed by atoms with van der Waals surface area (Å²) >= 11 is 1.04. The Bertz CT molecular complexity index is 1060. The molecular formula is C18H13N5O3S. The van der Waals surface area contributed by atoms with E-state index in [1.165, 1.54) is 24.3 Å². The van der Waals surface area contributed by atoms with E-state index in [9.17, 15) is 20.2 Å². The summed E-state index contributed by atoms with van der Waals surface area (Å²) in [4.78, 5) is 23.0. The Hall–Kier alpha value is -3.90. The highest BCUT2D eigenvalue weighted by Crippen LogP contribution is 2.37. The first-order chi connectivity index (χ1) is 13.0. The van der Waals surface area contributed by atoms with E-state index < -0.39 is 10.8 Å². The molecule has 1 aromatic heterocycles. The molecule has 0 aliphatic carbocycles. The molecule has 0 radical (unpaired) electrons. The highest BCUT2D eigenvalue weighted by molar-refractivity contribution is 7.19. The van der Waals surface area contributed by atoms with Crippen LogP contribution in [0, 0.1) is 21.4 Å². The van der Waals surface area contributed by atoms with Crippen LogP contribution in [0.2, 0.25) is 0 Å². The van der Waals surface area contributed by atoms with Gasteiger partial charge in [-0.05, 0) is 18.2 Å². The summed E-state index contributed by atoms with van der Waals surface area (Å²) in [5.41, 5.74) is 7.08. The molecule has 0 saturated carbocycles. The molecule has 27 heavy (non-hydrogen) atoms. The summed E-state index contributed by atoms with van der Waals surface area (Å²) in [6, 6.07) is 16.7. The van der Waals surface area contributed by atoms with Crippen LogP contribution in [-0.2, 0) is 0 Å². The van der Waals surface area contributed by atoms with Crippen molar-refractivity contribution in [2.75, 3.05) is 16.4 Å². The van der Waals surface area contributed by atoms with E-state index in [4.69, 9.17) is 5.73 Å². The van der Waals surface area contributed by atoms with Crippen molar-refractivity contribution < 1.29 is 9.72 Å². The summed E-state index contributed by atoms with van der Waals surface area (Å²) < 4.78 is 0. The van der Waals surface area contributed by atoms with Gasteiger partial charge in [-0.25, -0.2) is 0 Å². The fourth-order valence-corrected chi connectivity index (χ4v) is 3.34. The average molecular weight is 379 g/mol. The standard InChI is InChI=1S/C18H13N5O3S/c19-10-14-15(20)16(27-18(14)22-11-5-2-1-3-6-11)17(24)21-12-7-4-8-13(9-12)23(25)26/h1-9,22H,20H2,(H,21,24). The van der Waals surface area contributed by atoms with Gasteiger partial charge in [-0.15, -0.1) is 11.3 Å². The number of amides is 1. The molecule has 0 unspecified atom stereocenters. The number of non-ortho nitro benzene ring substituents is 1. The monoisotopic (exact) mass is 379 g/mol. The average Bonchev–Trinajstić information content (AvgIpc) is 2.98. The van der Waals surface area contributed by atoms with Gasteiger partial charge in [-0.2, -0.15) is 5.26 Å². The highest BCUT2D eigenvalue weighted by atomic mass is 32.1. The quantitative estimate of drug-likeness (QED) is 0.451. The minimum atomic E-state index is -0.551. The van der Waals surface area contributed by atoms with Crippen molar-refractivity contribution in [1.82, 2.24) is 0 Å². The van der Waals surface area contributed by atoms with Crippen molar-refractivity contribution in [3.63, 3.8) is 0 Å². The highest BCUT2D eigenvalue weighted by Gasteiger charge is 2.22. The fourth-order valence-electron chi connectivity index (χ4n) is 2.35. The van der Waals surface area contributed by atoms with E-state index >= 15 is 0 Å². The van der Waals surface area contributed by atoms with Gasteiger partial charge in [0.25, 0.3) is 11.6 Å². The molecular weight excluding hydrogens is 366 g/mol. The van der Waals surface area contributed by atoms with Crippen molar-refractivity contribution in [2.24, 2.45) is 0 Å². The number of para-hydroxylation sites is 1. The van der Waals surface area contributed by atoms with Gasteiger partial charge in [-0.3, -0.25) is 14.9 Å². The third-order valence-corrected chi connectivity index (χ3v) is 4.73. The molecule has 1 heterocycles. The van der Waals surface area contributed by atoms with E-state index in [0.29, 0.717) is 5.00 Å². The first-order valence-corrected chi connectivity index (χ1v) is 8.51. The van der Waals surface area contributed by atoms with Crippen molar-refractivity contribution >= 4 is 45.0 Å². The molecule has 0 aliphatic rings.